The van der Waals surface area contributed by atoms with Crippen LogP contribution in [0.4, 0.5) is 4.39 Å². The molecule has 8 nitrogen and oxygen atoms in total. The molecule has 2 aromatic carbocycles. The minimum atomic E-state index is -1.00. The van der Waals surface area contributed by atoms with Crippen molar-refractivity contribution in [3.63, 3.8) is 0 Å². The lowest BCUT2D eigenvalue weighted by Crippen LogP contribution is -2.32. The van der Waals surface area contributed by atoms with Crippen LogP contribution in [0.25, 0.3) is 17.1 Å². The highest BCUT2D eigenvalue weighted by atomic mass is 19.1. The molecule has 1 amide bonds. The van der Waals surface area contributed by atoms with E-state index in [1.807, 2.05) is 30.3 Å². The largest absolute Gasteiger partial charge is 0.481 e. The molecule has 2 aliphatic rings. The molecule has 3 N–H and O–H groups in total. The predicted octanol–water partition coefficient (Wildman–Crippen LogP) is 3.62. The molecule has 1 atom stereocenters. The minimum Gasteiger partial charge on any atom is -0.481 e. The van der Waals surface area contributed by atoms with E-state index >= 15 is 0 Å². The van der Waals surface area contributed by atoms with Gasteiger partial charge in [0.1, 0.15) is 17.7 Å². The average Bonchev–Trinajstić information content (AvgIpc) is 3.52. The molecule has 0 radical (unpaired) electrons. The summed E-state index contributed by atoms with van der Waals surface area (Å²) >= 11 is 0. The van der Waals surface area contributed by atoms with Crippen LogP contribution in [-0.2, 0) is 11.2 Å². The second kappa shape index (κ2) is 9.55. The van der Waals surface area contributed by atoms with E-state index in [2.05, 4.69) is 4.98 Å². The molecule has 36 heavy (non-hydrogen) atoms. The standard InChI is InChI=1S/C27H26FN5O3/c28-22-13-18(3-4-19(22)14-29)26-31-25(27(36)32-12-11-20(30)15-32)23(9-10-24(34)35)33(26)21-7-5-17(6-8-21)16-1-2-16/h3-8,13,16,20H,1-2,9-12,15,30H2,(H,34,35)/t20-/m1/s1. The molecule has 184 valence electrons. The Labute approximate surface area is 207 Å². The van der Waals surface area contributed by atoms with Gasteiger partial charge >= 0.3 is 5.97 Å². The number of hydrogen-bond acceptors (Lipinski definition) is 5. The van der Waals surface area contributed by atoms with Gasteiger partial charge in [-0.15, -0.1) is 0 Å². The number of halogens is 1. The lowest BCUT2D eigenvalue weighted by atomic mass is 10.1. The summed E-state index contributed by atoms with van der Waals surface area (Å²) in [6, 6.07) is 13.8. The van der Waals surface area contributed by atoms with Crippen molar-refractivity contribution in [1.82, 2.24) is 14.5 Å². The van der Waals surface area contributed by atoms with Crippen LogP contribution >= 0.6 is 0 Å². The number of imidazole rings is 1. The summed E-state index contributed by atoms with van der Waals surface area (Å²) in [5.74, 6) is -1.16. The van der Waals surface area contributed by atoms with Gasteiger partial charge in [-0.1, -0.05) is 12.1 Å². The van der Waals surface area contributed by atoms with Gasteiger partial charge in [-0.25, -0.2) is 9.37 Å². The molecular weight excluding hydrogens is 461 g/mol. The van der Waals surface area contributed by atoms with E-state index in [9.17, 15) is 19.1 Å². The van der Waals surface area contributed by atoms with Crippen molar-refractivity contribution in [3.05, 3.63) is 70.8 Å². The van der Waals surface area contributed by atoms with Crippen LogP contribution in [0.2, 0.25) is 0 Å². The van der Waals surface area contributed by atoms with Gasteiger partial charge in [0, 0.05) is 36.8 Å². The van der Waals surface area contributed by atoms with Crippen molar-refractivity contribution in [2.24, 2.45) is 5.73 Å². The van der Waals surface area contributed by atoms with Crippen molar-refractivity contribution in [2.75, 3.05) is 13.1 Å². The van der Waals surface area contributed by atoms with E-state index in [-0.39, 0.29) is 36.0 Å². The van der Waals surface area contributed by atoms with Gasteiger partial charge in [-0.05, 0) is 61.1 Å². The monoisotopic (exact) mass is 487 g/mol. The first-order chi connectivity index (χ1) is 17.4. The Morgan fingerprint density at radius 2 is 1.92 bits per heavy atom. The lowest BCUT2D eigenvalue weighted by Gasteiger charge is -2.16. The van der Waals surface area contributed by atoms with Crippen molar-refractivity contribution >= 4 is 11.9 Å². The Hall–Kier alpha value is -4.03. The number of carboxylic acids is 1. The van der Waals surface area contributed by atoms with Crippen LogP contribution in [0.5, 0.6) is 0 Å². The molecule has 3 aromatic rings. The zero-order chi connectivity index (χ0) is 25.4. The van der Waals surface area contributed by atoms with Crippen LogP contribution in [0.1, 0.15) is 58.9 Å². The number of carbonyl (C=O) groups is 2. The van der Waals surface area contributed by atoms with Crippen molar-refractivity contribution in [3.8, 4) is 23.1 Å². The number of carbonyl (C=O) groups excluding carboxylic acids is 1. The summed E-state index contributed by atoms with van der Waals surface area (Å²) < 4.78 is 16.3. The maximum Gasteiger partial charge on any atom is 0.303 e. The molecule has 1 saturated carbocycles. The van der Waals surface area contributed by atoms with Gasteiger partial charge in [-0.2, -0.15) is 5.26 Å². The molecule has 1 aliphatic carbocycles. The molecule has 0 unspecified atom stereocenters. The van der Waals surface area contributed by atoms with Crippen molar-refractivity contribution in [1.29, 1.82) is 5.26 Å². The number of aromatic nitrogens is 2. The van der Waals surface area contributed by atoms with Gasteiger partial charge in [0.25, 0.3) is 5.91 Å². The fourth-order valence-electron chi connectivity index (χ4n) is 4.73. The number of hydrogen-bond donors (Lipinski definition) is 2. The minimum absolute atomic E-state index is 0.0619. The molecule has 9 heteroatoms. The van der Waals surface area contributed by atoms with E-state index in [0.717, 1.165) is 12.8 Å². The fraction of sp³-hybridized carbons (Fsp3) is 0.333. The van der Waals surface area contributed by atoms with E-state index < -0.39 is 11.8 Å². The Balaban J connectivity index is 1.68. The topological polar surface area (TPSA) is 125 Å². The molecule has 2 fully saturated rings. The first-order valence-corrected chi connectivity index (χ1v) is 12.0. The molecule has 2 heterocycles. The van der Waals surface area contributed by atoms with Crippen LogP contribution in [0.15, 0.2) is 42.5 Å². The number of rotatable bonds is 7. The number of amides is 1. The summed E-state index contributed by atoms with van der Waals surface area (Å²) in [6.45, 7) is 0.878. The third-order valence-corrected chi connectivity index (χ3v) is 6.81. The van der Waals surface area contributed by atoms with Gasteiger partial charge < -0.3 is 15.7 Å². The highest BCUT2D eigenvalue weighted by molar-refractivity contribution is 5.95. The van der Waals surface area contributed by atoms with E-state index in [1.54, 1.807) is 15.5 Å². The Morgan fingerprint density at radius 3 is 2.50 bits per heavy atom. The van der Waals surface area contributed by atoms with Gasteiger partial charge in [-0.3, -0.25) is 14.2 Å². The number of nitrogens with two attached hydrogens (primary N) is 1. The maximum absolute atomic E-state index is 14.6. The number of nitrogens with zero attached hydrogens (tertiary/aromatic N) is 4. The summed E-state index contributed by atoms with van der Waals surface area (Å²) in [6.07, 6.45) is 2.84. The van der Waals surface area contributed by atoms with Gasteiger partial charge in [0.15, 0.2) is 5.69 Å². The number of aliphatic carboxylic acids is 1. The van der Waals surface area contributed by atoms with Gasteiger partial charge in [0.05, 0.1) is 17.7 Å². The second-order valence-corrected chi connectivity index (χ2v) is 9.43. The Morgan fingerprint density at radius 1 is 1.17 bits per heavy atom. The van der Waals surface area contributed by atoms with Crippen molar-refractivity contribution in [2.45, 2.75) is 44.1 Å². The quantitative estimate of drug-likeness (QED) is 0.524. The molecule has 0 bridgehead atoms. The highest BCUT2D eigenvalue weighted by Gasteiger charge is 2.31. The molecular formula is C27H26FN5O3. The zero-order valence-electron chi connectivity index (χ0n) is 19.7. The first-order valence-electron chi connectivity index (χ1n) is 12.0. The number of nitriles is 1. The van der Waals surface area contributed by atoms with E-state index in [0.29, 0.717) is 48.2 Å². The number of benzene rings is 2. The number of carboxylic acid groups (broad SMARTS) is 1. The highest BCUT2D eigenvalue weighted by Crippen LogP contribution is 2.40. The SMILES string of the molecule is N#Cc1ccc(-c2nc(C(=O)N3CC[C@@H](N)C3)c(CCC(=O)O)n2-c2ccc(C3CC3)cc2)cc1F. The second-order valence-electron chi connectivity index (χ2n) is 9.43. The molecule has 5 rings (SSSR count). The van der Waals surface area contributed by atoms with Crippen LogP contribution in [0, 0.1) is 17.1 Å². The van der Waals surface area contributed by atoms with Crippen LogP contribution < -0.4 is 5.73 Å². The van der Waals surface area contributed by atoms with E-state index in [1.165, 1.54) is 17.7 Å². The third kappa shape index (κ3) is 4.60. The summed E-state index contributed by atoms with van der Waals surface area (Å²) in [5, 5.41) is 18.6. The summed E-state index contributed by atoms with van der Waals surface area (Å²) in [7, 11) is 0. The normalized spacial score (nSPS) is 17.2. The van der Waals surface area contributed by atoms with Gasteiger partial charge in [0.2, 0.25) is 0 Å². The summed E-state index contributed by atoms with van der Waals surface area (Å²) in [4.78, 5) is 31.3. The zero-order valence-corrected chi connectivity index (χ0v) is 19.7. The Kier molecular flexibility index (Phi) is 6.29. The van der Waals surface area contributed by atoms with Crippen molar-refractivity contribution < 1.29 is 19.1 Å². The Bertz CT molecular complexity index is 1370. The first kappa shape index (κ1) is 23.7. The predicted molar refractivity (Wildman–Crippen MR) is 130 cm³/mol. The average molecular weight is 488 g/mol. The third-order valence-electron chi connectivity index (χ3n) is 6.81. The fourth-order valence-corrected chi connectivity index (χ4v) is 4.73. The summed E-state index contributed by atoms with van der Waals surface area (Å²) in [5.41, 5.74) is 8.80. The smallest absolute Gasteiger partial charge is 0.303 e. The molecule has 1 saturated heterocycles. The maximum atomic E-state index is 14.6. The van der Waals surface area contributed by atoms with Crippen LogP contribution in [0.3, 0.4) is 0 Å². The number of likely N-dealkylation sites (tertiary alicyclic amines) is 1. The molecule has 1 aromatic heterocycles. The lowest BCUT2D eigenvalue weighted by molar-refractivity contribution is -0.137. The van der Waals surface area contributed by atoms with Crippen LogP contribution in [-0.4, -0.2) is 50.6 Å². The molecule has 1 aliphatic heterocycles. The van der Waals surface area contributed by atoms with E-state index in [4.69, 9.17) is 11.0 Å². The molecule has 0 spiro atoms.